The Labute approximate surface area is 175 Å². The fraction of sp³-hybridized carbons (Fsp3) is 0.278. The molecule has 0 aliphatic carbocycles. The lowest BCUT2D eigenvalue weighted by atomic mass is 10.0. The van der Waals surface area contributed by atoms with Crippen molar-refractivity contribution in [3.05, 3.63) is 57.6 Å². The first kappa shape index (κ1) is 20.1. The fourth-order valence-electron chi connectivity index (χ4n) is 3.14. The number of aromatic nitrogens is 2. The molecular weight excluding hydrogens is 435 g/mol. The van der Waals surface area contributed by atoms with Crippen LogP contribution in [0.15, 0.2) is 46.0 Å². The normalized spacial score (nSPS) is 17.9. The average Bonchev–Trinajstić information content (AvgIpc) is 3.41. The summed E-state index contributed by atoms with van der Waals surface area (Å²) in [5.74, 6) is -1.04. The van der Waals surface area contributed by atoms with Gasteiger partial charge in [0.15, 0.2) is 0 Å². The third-order valence-corrected chi connectivity index (χ3v) is 8.86. The van der Waals surface area contributed by atoms with Crippen molar-refractivity contribution >= 4 is 44.3 Å². The molecule has 2 aromatic heterocycles. The number of rotatable bonds is 5. The van der Waals surface area contributed by atoms with Gasteiger partial charge in [-0.2, -0.15) is 4.31 Å². The van der Waals surface area contributed by atoms with Gasteiger partial charge in [0.2, 0.25) is 5.01 Å². The van der Waals surface area contributed by atoms with Crippen LogP contribution in [0.1, 0.15) is 33.6 Å². The van der Waals surface area contributed by atoms with Crippen molar-refractivity contribution in [3.63, 3.8) is 0 Å². The zero-order chi connectivity index (χ0) is 20.4. The Morgan fingerprint density at radius 3 is 2.86 bits per heavy atom. The Bertz CT molecular complexity index is 1120. The van der Waals surface area contributed by atoms with Crippen LogP contribution in [0.3, 0.4) is 0 Å². The number of thiophene rings is 1. The fourth-order valence-corrected chi connectivity index (χ4v) is 6.67. The van der Waals surface area contributed by atoms with Crippen LogP contribution in [0.4, 0.5) is 10.1 Å². The Kier molecular flexibility index (Phi) is 5.72. The van der Waals surface area contributed by atoms with E-state index in [4.69, 9.17) is 0 Å². The summed E-state index contributed by atoms with van der Waals surface area (Å²) >= 11 is 2.33. The lowest BCUT2D eigenvalue weighted by Crippen LogP contribution is -2.38. The van der Waals surface area contributed by atoms with E-state index in [9.17, 15) is 17.6 Å². The molecule has 1 atom stereocenters. The summed E-state index contributed by atoms with van der Waals surface area (Å²) in [6, 6.07) is 8.90. The zero-order valence-electron chi connectivity index (χ0n) is 15.1. The Balaban J connectivity index is 1.47. The number of carbonyl (C=O) groups is 1. The van der Waals surface area contributed by atoms with Crippen molar-refractivity contribution in [2.75, 3.05) is 18.4 Å². The minimum absolute atomic E-state index is 0.119. The molecule has 1 saturated heterocycles. The molecule has 152 valence electrons. The van der Waals surface area contributed by atoms with Gasteiger partial charge < -0.3 is 5.32 Å². The summed E-state index contributed by atoms with van der Waals surface area (Å²) in [6.45, 7) is 0.767. The first-order valence-electron chi connectivity index (χ1n) is 8.87. The molecule has 11 heteroatoms. The van der Waals surface area contributed by atoms with Gasteiger partial charge in [0.1, 0.15) is 15.0 Å². The van der Waals surface area contributed by atoms with Gasteiger partial charge in [-0.25, -0.2) is 12.8 Å². The van der Waals surface area contributed by atoms with Gasteiger partial charge in [0, 0.05) is 24.7 Å². The molecule has 29 heavy (non-hydrogen) atoms. The number of amides is 1. The van der Waals surface area contributed by atoms with E-state index in [-0.39, 0.29) is 10.9 Å². The first-order chi connectivity index (χ1) is 13.9. The molecule has 7 nitrogen and oxygen atoms in total. The van der Waals surface area contributed by atoms with Gasteiger partial charge in [0.05, 0.1) is 0 Å². The van der Waals surface area contributed by atoms with Gasteiger partial charge in [-0.1, -0.05) is 23.5 Å². The molecule has 0 saturated carbocycles. The van der Waals surface area contributed by atoms with E-state index in [1.54, 1.807) is 23.6 Å². The standard InChI is InChI=1S/C18H17FN4O3S3/c19-13-5-1-6-14(10-13)20-16(24)18-22-21-17(28-18)12-4-2-8-23(11-12)29(25,26)15-7-3-9-27-15/h1,3,5-7,9-10,12H,2,4,8,11H2,(H,20,24)/t12-/m0/s1. The molecule has 1 aliphatic rings. The molecule has 1 N–H and O–H groups in total. The minimum atomic E-state index is -3.52. The van der Waals surface area contributed by atoms with Crippen LogP contribution in [0.2, 0.25) is 0 Å². The lowest BCUT2D eigenvalue weighted by molar-refractivity contribution is 0.102. The number of halogens is 1. The maximum absolute atomic E-state index is 13.3. The quantitative estimate of drug-likeness (QED) is 0.639. The number of nitrogens with zero attached hydrogens (tertiary/aromatic N) is 3. The SMILES string of the molecule is O=C(Nc1cccc(F)c1)c1nnc([C@H]2CCCN(S(=O)(=O)c3cccs3)C2)s1. The summed E-state index contributed by atoms with van der Waals surface area (Å²) in [5, 5.41) is 13.2. The Morgan fingerprint density at radius 1 is 1.24 bits per heavy atom. The smallest absolute Gasteiger partial charge is 0.286 e. The number of anilines is 1. The number of piperidine rings is 1. The maximum Gasteiger partial charge on any atom is 0.286 e. The summed E-state index contributed by atoms with van der Waals surface area (Å²) in [5.41, 5.74) is 0.331. The molecule has 0 radical (unpaired) electrons. The van der Waals surface area contributed by atoms with Crippen molar-refractivity contribution in [1.29, 1.82) is 0 Å². The van der Waals surface area contributed by atoms with Crippen molar-refractivity contribution in [1.82, 2.24) is 14.5 Å². The van der Waals surface area contributed by atoms with Crippen LogP contribution in [-0.2, 0) is 10.0 Å². The topological polar surface area (TPSA) is 92.3 Å². The highest BCUT2D eigenvalue weighted by Gasteiger charge is 2.33. The maximum atomic E-state index is 13.3. The number of carbonyl (C=O) groups excluding carboxylic acids is 1. The molecule has 3 heterocycles. The second kappa shape index (κ2) is 8.27. The minimum Gasteiger partial charge on any atom is -0.320 e. The van der Waals surface area contributed by atoms with Crippen LogP contribution in [0, 0.1) is 5.82 Å². The third kappa shape index (κ3) is 4.37. The highest BCUT2D eigenvalue weighted by molar-refractivity contribution is 7.91. The monoisotopic (exact) mass is 452 g/mol. The summed E-state index contributed by atoms with van der Waals surface area (Å²) in [7, 11) is -3.52. The molecule has 3 aromatic rings. The van der Waals surface area contributed by atoms with Crippen LogP contribution >= 0.6 is 22.7 Å². The van der Waals surface area contributed by atoms with Crippen molar-refractivity contribution in [2.24, 2.45) is 0 Å². The molecule has 0 unspecified atom stereocenters. The van der Waals surface area contributed by atoms with Crippen LogP contribution in [-0.4, -0.2) is 41.9 Å². The van der Waals surface area contributed by atoms with Crippen LogP contribution in [0.25, 0.3) is 0 Å². The second-order valence-corrected chi connectivity index (χ2v) is 10.7. The number of hydrogen-bond acceptors (Lipinski definition) is 7. The van der Waals surface area contributed by atoms with Crippen molar-refractivity contribution in [2.45, 2.75) is 23.0 Å². The van der Waals surface area contributed by atoms with Gasteiger partial charge in [-0.05, 0) is 42.5 Å². The predicted molar refractivity (Wildman–Crippen MR) is 109 cm³/mol. The molecule has 4 rings (SSSR count). The summed E-state index contributed by atoms with van der Waals surface area (Å²) in [6.07, 6.45) is 1.48. The van der Waals surface area contributed by atoms with E-state index in [1.807, 2.05) is 0 Å². The van der Waals surface area contributed by atoms with Crippen molar-refractivity contribution in [3.8, 4) is 0 Å². The van der Waals surface area contributed by atoms with Crippen LogP contribution in [0.5, 0.6) is 0 Å². The molecule has 0 spiro atoms. The first-order valence-corrected chi connectivity index (χ1v) is 12.0. The van der Waals surface area contributed by atoms with Crippen LogP contribution < -0.4 is 5.32 Å². The van der Waals surface area contributed by atoms with E-state index < -0.39 is 21.7 Å². The molecule has 1 aliphatic heterocycles. The van der Waals surface area contributed by atoms with E-state index in [0.29, 0.717) is 34.4 Å². The van der Waals surface area contributed by atoms with Gasteiger partial charge in [-0.3, -0.25) is 4.79 Å². The molecule has 0 bridgehead atoms. The Hall–Kier alpha value is -2.21. The van der Waals surface area contributed by atoms with Gasteiger partial charge in [0.25, 0.3) is 15.9 Å². The average molecular weight is 453 g/mol. The summed E-state index contributed by atoms with van der Waals surface area (Å²) < 4.78 is 40.6. The zero-order valence-corrected chi connectivity index (χ0v) is 17.6. The lowest BCUT2D eigenvalue weighted by Gasteiger charge is -2.30. The van der Waals surface area contributed by atoms with E-state index >= 15 is 0 Å². The highest BCUT2D eigenvalue weighted by atomic mass is 32.2. The van der Waals surface area contributed by atoms with Crippen molar-refractivity contribution < 1.29 is 17.6 Å². The predicted octanol–water partition coefficient (Wildman–Crippen LogP) is 3.56. The summed E-state index contributed by atoms with van der Waals surface area (Å²) in [4.78, 5) is 12.4. The van der Waals surface area contributed by atoms with E-state index in [1.165, 1.54) is 33.8 Å². The molecular formula is C18H17FN4O3S3. The molecule has 1 fully saturated rings. The second-order valence-electron chi connectivity index (χ2n) is 6.54. The number of benzene rings is 1. The van der Waals surface area contributed by atoms with E-state index in [2.05, 4.69) is 15.5 Å². The third-order valence-electron chi connectivity index (χ3n) is 4.54. The number of sulfonamides is 1. The molecule has 1 amide bonds. The number of hydrogen-bond donors (Lipinski definition) is 1. The largest absolute Gasteiger partial charge is 0.320 e. The Morgan fingerprint density at radius 2 is 2.10 bits per heavy atom. The van der Waals surface area contributed by atoms with E-state index in [0.717, 1.165) is 17.8 Å². The highest BCUT2D eigenvalue weighted by Crippen LogP contribution is 2.33. The molecule has 1 aromatic carbocycles. The number of nitrogens with one attached hydrogen (secondary N) is 1. The van der Waals surface area contributed by atoms with Gasteiger partial charge in [-0.15, -0.1) is 21.5 Å². The van der Waals surface area contributed by atoms with Gasteiger partial charge >= 0.3 is 0 Å².